The van der Waals surface area contributed by atoms with Crippen molar-refractivity contribution in [3.05, 3.63) is 84.3 Å². The van der Waals surface area contributed by atoms with E-state index in [1.54, 1.807) is 48.5 Å². The first-order valence-corrected chi connectivity index (χ1v) is 10.3. The Morgan fingerprint density at radius 3 is 2.31 bits per heavy atom. The van der Waals surface area contributed by atoms with Crippen LogP contribution in [0.15, 0.2) is 77.7 Å². The molecule has 4 aromatic rings. The van der Waals surface area contributed by atoms with Crippen LogP contribution in [-0.4, -0.2) is 24.6 Å². The zero-order valence-electron chi connectivity index (χ0n) is 15.5. The molecule has 0 spiro atoms. The maximum absolute atomic E-state index is 13.5. The minimum atomic E-state index is -3.98. The number of ether oxygens (including phenoxy) is 1. The van der Waals surface area contributed by atoms with Gasteiger partial charge in [0, 0.05) is 10.9 Å². The molecular formula is C22H18FNO4S. The van der Waals surface area contributed by atoms with Crippen molar-refractivity contribution in [1.82, 2.24) is 3.97 Å². The smallest absolute Gasteiger partial charge is 0.268 e. The number of aromatic nitrogens is 1. The predicted molar refractivity (Wildman–Crippen MR) is 109 cm³/mol. The molecule has 0 aliphatic heterocycles. The first-order valence-electron chi connectivity index (χ1n) is 8.86. The van der Waals surface area contributed by atoms with Crippen molar-refractivity contribution in [2.75, 3.05) is 7.11 Å². The Morgan fingerprint density at radius 2 is 1.69 bits per heavy atom. The van der Waals surface area contributed by atoms with Gasteiger partial charge in [-0.3, -0.25) is 0 Å². The van der Waals surface area contributed by atoms with Crippen LogP contribution >= 0.6 is 0 Å². The van der Waals surface area contributed by atoms with Gasteiger partial charge in [0.1, 0.15) is 11.6 Å². The van der Waals surface area contributed by atoms with Crippen molar-refractivity contribution >= 4 is 20.9 Å². The van der Waals surface area contributed by atoms with E-state index in [0.29, 0.717) is 27.8 Å². The van der Waals surface area contributed by atoms with E-state index in [1.807, 2.05) is 0 Å². The molecule has 0 aliphatic carbocycles. The highest BCUT2D eigenvalue weighted by Gasteiger charge is 2.27. The Bertz CT molecular complexity index is 1280. The largest absolute Gasteiger partial charge is 0.497 e. The second-order valence-corrected chi connectivity index (χ2v) is 8.24. The summed E-state index contributed by atoms with van der Waals surface area (Å²) in [4.78, 5) is 0.105. The number of aliphatic hydroxyl groups is 1. The third-order valence-electron chi connectivity index (χ3n) is 4.79. The van der Waals surface area contributed by atoms with E-state index in [0.717, 1.165) is 3.97 Å². The van der Waals surface area contributed by atoms with Gasteiger partial charge in [-0.2, -0.15) is 0 Å². The van der Waals surface area contributed by atoms with Gasteiger partial charge in [-0.25, -0.2) is 16.8 Å². The number of aliphatic hydroxyl groups excluding tert-OH is 1. The summed E-state index contributed by atoms with van der Waals surface area (Å²) >= 11 is 0. The number of nitrogens with zero attached hydrogens (tertiary/aromatic N) is 1. The fourth-order valence-corrected chi connectivity index (χ4v) is 5.05. The summed E-state index contributed by atoms with van der Waals surface area (Å²) in [5.41, 5.74) is 1.71. The second-order valence-electron chi connectivity index (χ2n) is 6.45. The van der Waals surface area contributed by atoms with E-state index < -0.39 is 22.4 Å². The monoisotopic (exact) mass is 411 g/mol. The van der Waals surface area contributed by atoms with Crippen molar-refractivity contribution in [3.63, 3.8) is 0 Å². The average Bonchev–Trinajstić information content (AvgIpc) is 3.09. The summed E-state index contributed by atoms with van der Waals surface area (Å²) in [7, 11) is -2.46. The molecule has 5 nitrogen and oxygen atoms in total. The van der Waals surface area contributed by atoms with Crippen molar-refractivity contribution in [2.45, 2.75) is 11.5 Å². The highest BCUT2D eigenvalue weighted by Crippen LogP contribution is 2.39. The molecule has 29 heavy (non-hydrogen) atoms. The predicted octanol–water partition coefficient (Wildman–Crippen LogP) is 4.19. The van der Waals surface area contributed by atoms with Crippen LogP contribution in [0.5, 0.6) is 5.75 Å². The molecule has 0 amide bonds. The zero-order valence-corrected chi connectivity index (χ0v) is 16.4. The van der Waals surface area contributed by atoms with E-state index in [1.165, 1.54) is 31.4 Å². The molecule has 4 rings (SSSR count). The highest BCUT2D eigenvalue weighted by molar-refractivity contribution is 7.90. The summed E-state index contributed by atoms with van der Waals surface area (Å²) in [5, 5.41) is 10.7. The van der Waals surface area contributed by atoms with Crippen LogP contribution in [-0.2, 0) is 16.6 Å². The van der Waals surface area contributed by atoms with Gasteiger partial charge < -0.3 is 9.84 Å². The lowest BCUT2D eigenvalue weighted by Crippen LogP contribution is -2.16. The molecule has 0 saturated carbocycles. The fourth-order valence-electron chi connectivity index (χ4n) is 3.48. The van der Waals surface area contributed by atoms with Gasteiger partial charge in [0.15, 0.2) is 0 Å². The third kappa shape index (κ3) is 3.18. The maximum Gasteiger partial charge on any atom is 0.268 e. The quantitative estimate of drug-likeness (QED) is 0.535. The van der Waals surface area contributed by atoms with Crippen LogP contribution in [0, 0.1) is 5.82 Å². The molecule has 0 fully saturated rings. The van der Waals surface area contributed by atoms with Crippen molar-refractivity contribution in [3.8, 4) is 16.9 Å². The van der Waals surface area contributed by atoms with Crippen LogP contribution in [0.25, 0.3) is 22.0 Å². The molecule has 148 valence electrons. The Morgan fingerprint density at radius 1 is 1.00 bits per heavy atom. The minimum Gasteiger partial charge on any atom is -0.497 e. The number of hydrogen-bond donors (Lipinski definition) is 1. The summed E-state index contributed by atoms with van der Waals surface area (Å²) in [6, 6.07) is 18.7. The number of fused-ring (bicyclic) bond motifs is 1. The van der Waals surface area contributed by atoms with Crippen molar-refractivity contribution in [1.29, 1.82) is 0 Å². The third-order valence-corrected chi connectivity index (χ3v) is 6.56. The number of methoxy groups -OCH3 is 1. The normalized spacial score (nSPS) is 11.7. The molecule has 1 N–H and O–H groups in total. The van der Waals surface area contributed by atoms with Crippen molar-refractivity contribution < 1.29 is 22.7 Å². The van der Waals surface area contributed by atoms with Crippen LogP contribution in [0.2, 0.25) is 0 Å². The summed E-state index contributed by atoms with van der Waals surface area (Å²) < 4.78 is 46.8. The Balaban J connectivity index is 2.12. The van der Waals surface area contributed by atoms with Crippen LogP contribution in [0.1, 0.15) is 5.69 Å². The van der Waals surface area contributed by atoms with Crippen molar-refractivity contribution in [2.24, 2.45) is 0 Å². The van der Waals surface area contributed by atoms with Crippen LogP contribution < -0.4 is 4.74 Å². The molecule has 0 unspecified atom stereocenters. The van der Waals surface area contributed by atoms with Crippen LogP contribution in [0.3, 0.4) is 0 Å². The molecule has 3 aromatic carbocycles. The lowest BCUT2D eigenvalue weighted by Gasteiger charge is -2.12. The molecule has 0 aliphatic rings. The van der Waals surface area contributed by atoms with E-state index >= 15 is 0 Å². The Kier molecular flexibility index (Phi) is 4.86. The lowest BCUT2D eigenvalue weighted by atomic mass is 10.0. The molecule has 7 heteroatoms. The number of benzene rings is 3. The van der Waals surface area contributed by atoms with E-state index in [-0.39, 0.29) is 10.6 Å². The Labute approximate surface area is 167 Å². The first kappa shape index (κ1) is 19.2. The van der Waals surface area contributed by atoms with Gasteiger partial charge in [-0.05, 0) is 48.0 Å². The van der Waals surface area contributed by atoms with Gasteiger partial charge in [-0.15, -0.1) is 0 Å². The molecular weight excluding hydrogens is 393 g/mol. The molecule has 0 saturated heterocycles. The summed E-state index contributed by atoms with van der Waals surface area (Å²) in [6.07, 6.45) is 0. The zero-order chi connectivity index (χ0) is 20.6. The first-order chi connectivity index (χ1) is 14.0. The van der Waals surface area contributed by atoms with Gasteiger partial charge in [0.05, 0.1) is 29.8 Å². The lowest BCUT2D eigenvalue weighted by molar-refractivity contribution is 0.276. The summed E-state index contributed by atoms with van der Waals surface area (Å²) in [5.74, 6) is 0.136. The standard InChI is InChI=1S/C22H18FNO4S/c1-28-17-11-12-20-19(13-17)22(15-7-9-16(23)10-8-15)21(14-25)24(20)29(26,27)18-5-3-2-4-6-18/h2-13,25H,14H2,1H3. The summed E-state index contributed by atoms with van der Waals surface area (Å²) in [6.45, 7) is -0.518. The minimum absolute atomic E-state index is 0.105. The number of halogens is 1. The molecule has 0 radical (unpaired) electrons. The number of rotatable bonds is 5. The molecule has 1 heterocycles. The Hall–Kier alpha value is -3.16. The molecule has 0 bridgehead atoms. The van der Waals surface area contributed by atoms with Gasteiger partial charge in [0.25, 0.3) is 10.0 Å². The highest BCUT2D eigenvalue weighted by atomic mass is 32.2. The topological polar surface area (TPSA) is 68.5 Å². The van der Waals surface area contributed by atoms with E-state index in [4.69, 9.17) is 4.74 Å². The van der Waals surface area contributed by atoms with Gasteiger partial charge >= 0.3 is 0 Å². The maximum atomic E-state index is 13.5. The average molecular weight is 411 g/mol. The second kappa shape index (κ2) is 7.35. The fraction of sp³-hybridized carbons (Fsp3) is 0.0909. The SMILES string of the molecule is COc1ccc2c(c1)c(-c1ccc(F)cc1)c(CO)n2S(=O)(=O)c1ccccc1. The van der Waals surface area contributed by atoms with Gasteiger partial charge in [0.2, 0.25) is 0 Å². The van der Waals surface area contributed by atoms with E-state index in [9.17, 15) is 17.9 Å². The van der Waals surface area contributed by atoms with Crippen LogP contribution in [0.4, 0.5) is 4.39 Å². The number of hydrogen-bond acceptors (Lipinski definition) is 4. The molecule has 0 atom stereocenters. The molecule has 1 aromatic heterocycles. The van der Waals surface area contributed by atoms with Gasteiger partial charge in [-0.1, -0.05) is 30.3 Å². The van der Waals surface area contributed by atoms with E-state index in [2.05, 4.69) is 0 Å².